The molecule has 8 aromatic rings. The molecule has 5 heteroatoms. The molecular weight excluding hydrogens is 682 g/mol. The van der Waals surface area contributed by atoms with Crippen LogP contribution in [0.15, 0.2) is 133 Å². The lowest BCUT2D eigenvalue weighted by Gasteiger charge is -2.39. The predicted molar refractivity (Wildman–Crippen MR) is 222 cm³/mol. The summed E-state index contributed by atoms with van der Waals surface area (Å²) in [4.78, 5) is 0. The van der Waals surface area contributed by atoms with E-state index in [1.165, 1.54) is 76.5 Å². The van der Waals surface area contributed by atoms with Gasteiger partial charge in [0.2, 0.25) is 0 Å². The van der Waals surface area contributed by atoms with E-state index in [0.717, 1.165) is 61.4 Å². The van der Waals surface area contributed by atoms with E-state index in [2.05, 4.69) is 138 Å². The number of aryl methyl sites for hydroxylation is 2. The van der Waals surface area contributed by atoms with Gasteiger partial charge in [-0.1, -0.05) is 121 Å². The SMILES string of the molecule is c1ccc2c(c1)cc(-c1ccc3c4c1OP(N1CCOCC1)Oc1c(-c5cc6ccccc6c6ccccc56)ccc5c1C4(CC3)CC5)c1ccccc12. The highest BCUT2D eigenvalue weighted by molar-refractivity contribution is 7.45. The second-order valence-corrected chi connectivity index (χ2v) is 16.8. The van der Waals surface area contributed by atoms with Crippen LogP contribution in [0.5, 0.6) is 11.5 Å². The molecule has 1 fully saturated rings. The fourth-order valence-electron chi connectivity index (χ4n) is 10.3. The number of fused-ring (bicyclic) bond motifs is 6. The highest BCUT2D eigenvalue weighted by atomic mass is 31.2. The Morgan fingerprint density at radius 2 is 0.907 bits per heavy atom. The summed E-state index contributed by atoms with van der Waals surface area (Å²) in [6, 6.07) is 49.6. The van der Waals surface area contributed by atoms with Crippen molar-refractivity contribution in [1.82, 2.24) is 4.67 Å². The highest BCUT2D eigenvalue weighted by Crippen LogP contribution is 2.65. The first-order chi connectivity index (χ1) is 26.7. The van der Waals surface area contributed by atoms with Crippen LogP contribution in [0.4, 0.5) is 0 Å². The second-order valence-electron chi connectivity index (χ2n) is 15.4. The van der Waals surface area contributed by atoms with E-state index in [-0.39, 0.29) is 5.41 Å². The monoisotopic (exact) mass is 719 g/mol. The van der Waals surface area contributed by atoms with Crippen LogP contribution in [0.2, 0.25) is 0 Å². The van der Waals surface area contributed by atoms with Gasteiger partial charge in [0.15, 0.2) is 0 Å². The Balaban J connectivity index is 1.15. The molecule has 0 atom stereocenters. The van der Waals surface area contributed by atoms with Crippen LogP contribution in [-0.2, 0) is 23.0 Å². The number of hydrogen-bond acceptors (Lipinski definition) is 4. The predicted octanol–water partition coefficient (Wildman–Crippen LogP) is 12.1. The first kappa shape index (κ1) is 31.1. The van der Waals surface area contributed by atoms with Gasteiger partial charge in [-0.2, -0.15) is 0 Å². The van der Waals surface area contributed by atoms with Gasteiger partial charge in [-0.25, -0.2) is 4.67 Å². The Bertz CT molecular complexity index is 2670. The van der Waals surface area contributed by atoms with Crippen molar-refractivity contribution < 1.29 is 13.8 Å². The van der Waals surface area contributed by atoms with Gasteiger partial charge in [-0.3, -0.25) is 0 Å². The summed E-state index contributed by atoms with van der Waals surface area (Å²) in [6.07, 6.45) is 4.17. The maximum atomic E-state index is 7.58. The van der Waals surface area contributed by atoms with Crippen LogP contribution in [0.25, 0.3) is 65.3 Å². The smallest absolute Gasteiger partial charge is 0.384 e. The fraction of sp³-hybridized carbons (Fsp3) is 0.184. The van der Waals surface area contributed by atoms with Crippen LogP contribution in [0.1, 0.15) is 35.1 Å². The largest absolute Gasteiger partial charge is 0.426 e. The molecule has 0 unspecified atom stereocenters. The molecule has 2 heterocycles. The zero-order chi connectivity index (χ0) is 35.4. The number of ether oxygens (including phenoxy) is 1. The van der Waals surface area contributed by atoms with Gasteiger partial charge in [-0.15, -0.1) is 0 Å². The van der Waals surface area contributed by atoms with Crippen LogP contribution >= 0.6 is 8.53 Å². The Hall–Kier alpha value is -5.25. The highest BCUT2D eigenvalue weighted by Gasteiger charge is 2.52. The normalized spacial score (nSPS) is 17.6. The molecule has 4 nitrogen and oxygen atoms in total. The molecule has 1 saturated heterocycles. The molecular formula is C49H38NO3P. The van der Waals surface area contributed by atoms with E-state index in [4.69, 9.17) is 13.8 Å². The Labute approximate surface area is 315 Å². The average Bonchev–Trinajstić information content (AvgIpc) is 3.80. The first-order valence-corrected chi connectivity index (χ1v) is 20.5. The lowest BCUT2D eigenvalue weighted by Crippen LogP contribution is -2.36. The van der Waals surface area contributed by atoms with E-state index in [9.17, 15) is 0 Å². The van der Waals surface area contributed by atoms with Crippen LogP contribution < -0.4 is 9.05 Å². The number of benzene rings is 8. The minimum atomic E-state index is -1.53. The number of morpholine rings is 1. The average molecular weight is 720 g/mol. The van der Waals surface area contributed by atoms with E-state index in [1.54, 1.807) is 0 Å². The zero-order valence-corrected chi connectivity index (χ0v) is 30.9. The van der Waals surface area contributed by atoms with Gasteiger partial charge < -0.3 is 13.8 Å². The minimum absolute atomic E-state index is 0.187. The van der Waals surface area contributed by atoms with Crippen LogP contribution in [0, 0.1) is 0 Å². The molecule has 262 valence electrons. The topological polar surface area (TPSA) is 30.9 Å². The van der Waals surface area contributed by atoms with Crippen molar-refractivity contribution in [3.63, 3.8) is 0 Å². The van der Waals surface area contributed by atoms with Gasteiger partial charge >= 0.3 is 8.53 Å². The number of hydrogen-bond donors (Lipinski definition) is 0. The van der Waals surface area contributed by atoms with Crippen molar-refractivity contribution in [2.45, 2.75) is 31.1 Å². The summed E-state index contributed by atoms with van der Waals surface area (Å²) in [5.41, 5.74) is 10.2. The van der Waals surface area contributed by atoms with Crippen molar-refractivity contribution in [3.05, 3.63) is 156 Å². The summed E-state index contributed by atoms with van der Waals surface area (Å²) in [5, 5.41) is 10.1. The summed E-state index contributed by atoms with van der Waals surface area (Å²) in [7, 11) is -1.53. The van der Waals surface area contributed by atoms with E-state index in [1.807, 2.05) is 0 Å². The summed E-state index contributed by atoms with van der Waals surface area (Å²) in [5.74, 6) is 2.03. The van der Waals surface area contributed by atoms with Crippen molar-refractivity contribution >= 4 is 51.6 Å². The molecule has 8 aromatic carbocycles. The number of nitrogens with zero attached hydrogens (tertiary/aromatic N) is 1. The first-order valence-electron chi connectivity index (χ1n) is 19.4. The van der Waals surface area contributed by atoms with E-state index < -0.39 is 8.53 Å². The van der Waals surface area contributed by atoms with Crippen molar-refractivity contribution in [2.24, 2.45) is 0 Å². The zero-order valence-electron chi connectivity index (χ0n) is 30.0. The third kappa shape index (κ3) is 4.42. The molecule has 2 aliphatic carbocycles. The Morgan fingerprint density at radius 3 is 1.41 bits per heavy atom. The lowest BCUT2D eigenvalue weighted by molar-refractivity contribution is 0.0683. The maximum Gasteiger partial charge on any atom is 0.384 e. The van der Waals surface area contributed by atoms with Crippen molar-refractivity contribution in [3.8, 4) is 33.8 Å². The second kappa shape index (κ2) is 11.9. The molecule has 0 bridgehead atoms. The lowest BCUT2D eigenvalue weighted by atomic mass is 9.74. The van der Waals surface area contributed by atoms with Crippen molar-refractivity contribution in [2.75, 3.05) is 26.3 Å². The number of rotatable bonds is 3. The summed E-state index contributed by atoms with van der Waals surface area (Å²) < 4.78 is 23.5. The quantitative estimate of drug-likeness (QED) is 0.134. The fourth-order valence-corrected chi connectivity index (χ4v) is 11.8. The Kier molecular flexibility index (Phi) is 6.85. The molecule has 0 saturated carbocycles. The third-order valence-electron chi connectivity index (χ3n) is 12.8. The standard InChI is InChI=1S/C49H38NO3P/c1-3-11-35-33(9-1)29-43(39-15-7-5-13-37(35)39)41-19-17-31-21-23-49-24-22-32-18-20-42(44-30-34-10-2-4-12-36(34)38-14-6-8-16-40(38)44)48(46(32)49)53-54(52-47(41)45(31)49)50-25-27-51-28-26-50/h1-20,29-30H,21-28H2. The van der Waals surface area contributed by atoms with Crippen molar-refractivity contribution in [1.29, 1.82) is 0 Å². The van der Waals surface area contributed by atoms with Gasteiger partial charge in [0.25, 0.3) is 0 Å². The molecule has 0 amide bonds. The maximum absolute atomic E-state index is 7.58. The van der Waals surface area contributed by atoms with E-state index in [0.29, 0.717) is 13.2 Å². The molecule has 4 aliphatic rings. The molecule has 0 N–H and O–H groups in total. The molecule has 0 aromatic heterocycles. The molecule has 0 radical (unpaired) electrons. The van der Waals surface area contributed by atoms with Gasteiger partial charge in [0, 0.05) is 40.8 Å². The molecule has 1 spiro atoms. The molecule has 54 heavy (non-hydrogen) atoms. The van der Waals surface area contributed by atoms with Crippen LogP contribution in [-0.4, -0.2) is 31.0 Å². The van der Waals surface area contributed by atoms with E-state index >= 15 is 0 Å². The van der Waals surface area contributed by atoms with Gasteiger partial charge in [-0.05, 0) is 103 Å². The molecule has 12 rings (SSSR count). The van der Waals surface area contributed by atoms with Gasteiger partial charge in [0.05, 0.1) is 13.2 Å². The summed E-state index contributed by atoms with van der Waals surface area (Å²) >= 11 is 0. The molecule has 2 aliphatic heterocycles. The minimum Gasteiger partial charge on any atom is -0.426 e. The third-order valence-corrected chi connectivity index (χ3v) is 14.3. The van der Waals surface area contributed by atoms with Gasteiger partial charge in [0.1, 0.15) is 11.5 Å². The van der Waals surface area contributed by atoms with Crippen LogP contribution in [0.3, 0.4) is 0 Å². The Morgan fingerprint density at radius 1 is 0.463 bits per heavy atom. The summed E-state index contributed by atoms with van der Waals surface area (Å²) in [6.45, 7) is 2.87.